The molecule has 3 aliphatic heterocycles. The largest absolute Gasteiger partial charge is 0.489 e. The number of nitrogen functional groups attached to an aromatic ring is 2. The maximum atomic E-state index is 17.2. The molecule has 0 spiro atoms. The number of aromatic nitrogens is 3. The SMILES string of the molecule is C[C@H](c1cccnc1N)N1CCOc2c(Cl)c(-c3ccc(F)c4sc(N)c(C#N)c34)c(F)c3nc(OCC45CCC(CC4)N5)nc1c23. The molecule has 240 valence electrons. The predicted molar refractivity (Wildman–Crippen MR) is 178 cm³/mol. The van der Waals surface area contributed by atoms with Crippen LogP contribution in [-0.4, -0.2) is 46.3 Å². The van der Waals surface area contributed by atoms with Crippen LogP contribution >= 0.6 is 22.9 Å². The minimum Gasteiger partial charge on any atom is -0.489 e. The van der Waals surface area contributed by atoms with Gasteiger partial charge in [0.2, 0.25) is 0 Å². The van der Waals surface area contributed by atoms with Gasteiger partial charge >= 0.3 is 6.01 Å². The highest BCUT2D eigenvalue weighted by molar-refractivity contribution is 7.23. The molecule has 6 heterocycles. The van der Waals surface area contributed by atoms with E-state index < -0.39 is 11.6 Å². The van der Waals surface area contributed by atoms with Gasteiger partial charge in [-0.2, -0.15) is 15.2 Å². The Morgan fingerprint density at radius 2 is 2.04 bits per heavy atom. The maximum Gasteiger partial charge on any atom is 0.319 e. The number of hydrogen-bond donors (Lipinski definition) is 3. The lowest BCUT2D eigenvalue weighted by molar-refractivity contribution is 0.190. The Morgan fingerprint density at radius 1 is 1.23 bits per heavy atom. The van der Waals surface area contributed by atoms with Crippen molar-refractivity contribution < 1.29 is 18.3 Å². The standard InChI is InChI=1S/C33H29ClF2N8O2S/c1-15(17-3-2-10-40-29(17)38)44-11-12-45-27-23-26(41-32(42-31(23)44)46-14-33-8-6-16(43-33)7-9-33)25(36)22(24(27)34)18-4-5-20(35)28-21(18)19(13-37)30(39)47-28/h2-5,10,15-16,43H,6-9,11-12,14,39H2,1H3,(H2,38,40)/t15-,16?,33?/m1/s1. The third kappa shape index (κ3) is 4.61. The van der Waals surface area contributed by atoms with Gasteiger partial charge in [-0.15, -0.1) is 11.3 Å². The number of fused-ring (bicyclic) bond motifs is 3. The lowest BCUT2D eigenvalue weighted by Gasteiger charge is -2.30. The van der Waals surface area contributed by atoms with Gasteiger partial charge in [0, 0.05) is 28.8 Å². The Kier molecular flexibility index (Phi) is 7.02. The number of nitrogens with one attached hydrogen (secondary N) is 1. The molecular formula is C33H29ClF2N8O2S. The molecule has 47 heavy (non-hydrogen) atoms. The van der Waals surface area contributed by atoms with E-state index in [0.29, 0.717) is 30.8 Å². The first-order chi connectivity index (χ1) is 22.7. The Balaban J connectivity index is 1.37. The summed E-state index contributed by atoms with van der Waals surface area (Å²) in [6.07, 6.45) is 5.71. The number of pyridine rings is 1. The second-order valence-corrected chi connectivity index (χ2v) is 13.8. The fraction of sp³-hybridized carbons (Fsp3) is 0.333. The molecular weight excluding hydrogens is 646 g/mol. The number of benzene rings is 2. The van der Waals surface area contributed by atoms with Crippen molar-refractivity contribution in [2.24, 2.45) is 0 Å². The van der Waals surface area contributed by atoms with Gasteiger partial charge in [-0.3, -0.25) is 0 Å². The molecule has 8 rings (SSSR count). The van der Waals surface area contributed by atoms with Crippen LogP contribution in [0.5, 0.6) is 11.8 Å². The van der Waals surface area contributed by atoms with Crippen LogP contribution in [-0.2, 0) is 0 Å². The summed E-state index contributed by atoms with van der Waals surface area (Å²) in [6, 6.07) is 8.45. The number of nitrogens with two attached hydrogens (primary N) is 2. The van der Waals surface area contributed by atoms with E-state index in [0.717, 1.165) is 42.6 Å². The summed E-state index contributed by atoms with van der Waals surface area (Å²) in [4.78, 5) is 15.7. The molecule has 0 amide bonds. The van der Waals surface area contributed by atoms with E-state index in [9.17, 15) is 9.65 Å². The molecule has 5 N–H and O–H groups in total. The van der Waals surface area contributed by atoms with Gasteiger partial charge in [-0.05, 0) is 50.3 Å². The van der Waals surface area contributed by atoms with E-state index in [2.05, 4.69) is 15.3 Å². The molecule has 3 aromatic heterocycles. The van der Waals surface area contributed by atoms with E-state index in [1.165, 1.54) is 12.1 Å². The highest BCUT2D eigenvalue weighted by atomic mass is 35.5. The van der Waals surface area contributed by atoms with Crippen molar-refractivity contribution in [2.45, 2.75) is 50.2 Å². The molecule has 2 aromatic carbocycles. The van der Waals surface area contributed by atoms with Gasteiger partial charge in [0.25, 0.3) is 0 Å². The number of anilines is 3. The smallest absolute Gasteiger partial charge is 0.319 e. The van der Waals surface area contributed by atoms with Crippen molar-refractivity contribution in [1.82, 2.24) is 20.3 Å². The van der Waals surface area contributed by atoms with Gasteiger partial charge < -0.3 is 31.2 Å². The van der Waals surface area contributed by atoms with E-state index in [-0.39, 0.29) is 77.7 Å². The van der Waals surface area contributed by atoms with Gasteiger partial charge in [0.1, 0.15) is 47.3 Å². The number of nitriles is 1. The lowest BCUT2D eigenvalue weighted by atomic mass is 9.89. The van der Waals surface area contributed by atoms with Crippen molar-refractivity contribution in [3.05, 3.63) is 58.2 Å². The first kappa shape index (κ1) is 29.9. The van der Waals surface area contributed by atoms with Crippen LogP contribution in [0, 0.1) is 23.0 Å². The van der Waals surface area contributed by atoms with Crippen molar-refractivity contribution in [3.63, 3.8) is 0 Å². The predicted octanol–water partition coefficient (Wildman–Crippen LogP) is 6.50. The zero-order chi connectivity index (χ0) is 32.6. The molecule has 3 aliphatic rings. The first-order valence-electron chi connectivity index (χ1n) is 15.3. The summed E-state index contributed by atoms with van der Waals surface area (Å²) in [5, 5.41) is 14.1. The van der Waals surface area contributed by atoms with Crippen LogP contribution in [0.15, 0.2) is 30.5 Å². The molecule has 5 aromatic rings. The Hall–Kier alpha value is -4.51. The Labute approximate surface area is 277 Å². The van der Waals surface area contributed by atoms with Crippen molar-refractivity contribution in [3.8, 4) is 29.0 Å². The monoisotopic (exact) mass is 674 g/mol. The molecule has 0 unspecified atom stereocenters. The summed E-state index contributed by atoms with van der Waals surface area (Å²) in [5.74, 6) is -0.480. The lowest BCUT2D eigenvalue weighted by Crippen LogP contribution is -2.42. The zero-order valence-electron chi connectivity index (χ0n) is 25.2. The summed E-state index contributed by atoms with van der Waals surface area (Å²) in [6.45, 7) is 2.79. The number of halogens is 3. The molecule has 1 atom stereocenters. The molecule has 2 fully saturated rings. The van der Waals surface area contributed by atoms with Crippen LogP contribution in [0.2, 0.25) is 5.02 Å². The van der Waals surface area contributed by atoms with Gasteiger partial charge in [-0.25, -0.2) is 13.8 Å². The van der Waals surface area contributed by atoms with Crippen LogP contribution < -0.4 is 31.2 Å². The van der Waals surface area contributed by atoms with Crippen molar-refractivity contribution in [1.29, 1.82) is 5.26 Å². The third-order valence-corrected chi connectivity index (χ3v) is 11.1. The summed E-state index contributed by atoms with van der Waals surface area (Å²) in [7, 11) is 0. The Bertz CT molecular complexity index is 2150. The van der Waals surface area contributed by atoms with Crippen LogP contribution in [0.25, 0.3) is 32.1 Å². The highest BCUT2D eigenvalue weighted by Crippen LogP contribution is 2.51. The molecule has 14 heteroatoms. The fourth-order valence-corrected chi connectivity index (χ4v) is 8.63. The van der Waals surface area contributed by atoms with E-state index in [1.54, 1.807) is 12.3 Å². The molecule has 2 saturated heterocycles. The van der Waals surface area contributed by atoms with Crippen LogP contribution in [0.1, 0.15) is 49.8 Å². The number of rotatable bonds is 6. The summed E-state index contributed by atoms with van der Waals surface area (Å²) >= 11 is 7.95. The number of thiophene rings is 1. The molecule has 0 radical (unpaired) electrons. The quantitative estimate of drug-likeness (QED) is 0.182. The zero-order valence-corrected chi connectivity index (χ0v) is 26.8. The summed E-state index contributed by atoms with van der Waals surface area (Å²) in [5.41, 5.74) is 13.0. The first-order valence-corrected chi connectivity index (χ1v) is 16.5. The average molecular weight is 675 g/mol. The van der Waals surface area contributed by atoms with Gasteiger partial charge in [0.15, 0.2) is 11.6 Å². The number of nitrogens with zero attached hydrogens (tertiary/aromatic N) is 5. The molecule has 10 nitrogen and oxygen atoms in total. The number of hydrogen-bond acceptors (Lipinski definition) is 11. The van der Waals surface area contributed by atoms with Crippen molar-refractivity contribution >= 4 is 60.6 Å². The minimum absolute atomic E-state index is 0.00264. The summed E-state index contributed by atoms with van der Waals surface area (Å²) < 4.78 is 44.8. The third-order valence-electron chi connectivity index (χ3n) is 9.71. The molecule has 0 aliphatic carbocycles. The second kappa shape index (κ2) is 11.0. The average Bonchev–Trinajstić information content (AvgIpc) is 3.73. The van der Waals surface area contributed by atoms with Crippen LogP contribution in [0.3, 0.4) is 0 Å². The Morgan fingerprint density at radius 3 is 2.77 bits per heavy atom. The van der Waals surface area contributed by atoms with Crippen LogP contribution in [0.4, 0.5) is 25.4 Å². The van der Waals surface area contributed by atoms with E-state index in [1.807, 2.05) is 24.0 Å². The minimum atomic E-state index is -0.791. The highest BCUT2D eigenvalue weighted by Gasteiger charge is 2.45. The van der Waals surface area contributed by atoms with Gasteiger partial charge in [0.05, 0.1) is 38.8 Å². The second-order valence-electron chi connectivity index (χ2n) is 12.3. The molecule has 0 saturated carbocycles. The normalized spacial score (nSPS) is 20.7. The van der Waals surface area contributed by atoms with Crippen molar-refractivity contribution in [2.75, 3.05) is 36.1 Å². The van der Waals surface area contributed by atoms with Gasteiger partial charge in [-0.1, -0.05) is 23.7 Å². The maximum absolute atomic E-state index is 17.2. The molecule has 2 bridgehead atoms. The fourth-order valence-electron chi connectivity index (χ4n) is 7.35. The topological polar surface area (TPSA) is 148 Å². The van der Waals surface area contributed by atoms with E-state index >= 15 is 4.39 Å². The number of ether oxygens (including phenoxy) is 2. The van der Waals surface area contributed by atoms with E-state index in [4.69, 9.17) is 37.5 Å².